The standard InChI is InChI=1S/C21H25N5OS/c1-14(2)18(13-27)25-21-24-17(15-8-6-7-11-22-15)12-20(26-21)23-16-9-4-5-10-19(16)28-3/h4-12,14,18,27H,13H2,1-3H3,(H2,23,24,25,26)/t18-/m1/s1. The van der Waals surface area contributed by atoms with Crippen LogP contribution in [0.25, 0.3) is 11.4 Å². The number of aliphatic hydroxyl groups is 1. The van der Waals surface area contributed by atoms with Gasteiger partial charge in [-0.3, -0.25) is 4.98 Å². The van der Waals surface area contributed by atoms with Gasteiger partial charge < -0.3 is 15.7 Å². The van der Waals surface area contributed by atoms with E-state index >= 15 is 0 Å². The highest BCUT2D eigenvalue weighted by Crippen LogP contribution is 2.29. The van der Waals surface area contributed by atoms with Gasteiger partial charge in [-0.05, 0) is 36.4 Å². The zero-order valence-corrected chi connectivity index (χ0v) is 17.1. The van der Waals surface area contributed by atoms with Crippen molar-refractivity contribution >= 4 is 29.2 Å². The van der Waals surface area contributed by atoms with Gasteiger partial charge in [-0.1, -0.05) is 32.0 Å². The van der Waals surface area contributed by atoms with Gasteiger partial charge in [0, 0.05) is 17.2 Å². The van der Waals surface area contributed by atoms with Gasteiger partial charge in [0.1, 0.15) is 5.82 Å². The number of hydrogen-bond donors (Lipinski definition) is 3. The fourth-order valence-corrected chi connectivity index (χ4v) is 3.25. The van der Waals surface area contributed by atoms with Gasteiger partial charge in [0.15, 0.2) is 0 Å². The number of hydrogen-bond acceptors (Lipinski definition) is 7. The molecular weight excluding hydrogens is 370 g/mol. The van der Waals surface area contributed by atoms with Crippen LogP contribution < -0.4 is 10.6 Å². The van der Waals surface area contributed by atoms with Crippen LogP contribution in [0.2, 0.25) is 0 Å². The number of aromatic nitrogens is 3. The molecule has 146 valence electrons. The second kappa shape index (κ2) is 9.52. The average molecular weight is 396 g/mol. The van der Waals surface area contributed by atoms with Crippen molar-refractivity contribution in [2.75, 3.05) is 23.5 Å². The monoisotopic (exact) mass is 395 g/mol. The van der Waals surface area contributed by atoms with E-state index in [0.717, 1.165) is 16.3 Å². The zero-order chi connectivity index (χ0) is 19.9. The number of rotatable bonds is 8. The van der Waals surface area contributed by atoms with Gasteiger partial charge in [0.2, 0.25) is 5.95 Å². The molecule has 0 aliphatic carbocycles. The lowest BCUT2D eigenvalue weighted by atomic mass is 10.1. The number of nitrogens with zero attached hydrogens (tertiary/aromatic N) is 3. The van der Waals surface area contributed by atoms with Gasteiger partial charge in [-0.2, -0.15) is 4.98 Å². The van der Waals surface area contributed by atoms with Crippen LogP contribution in [-0.2, 0) is 0 Å². The minimum absolute atomic E-state index is 0.00686. The second-order valence-corrected chi connectivity index (χ2v) is 7.53. The predicted molar refractivity (Wildman–Crippen MR) is 116 cm³/mol. The van der Waals surface area contributed by atoms with Crippen LogP contribution in [-0.4, -0.2) is 39.0 Å². The van der Waals surface area contributed by atoms with E-state index in [1.807, 2.05) is 62.6 Å². The molecule has 0 amide bonds. The highest BCUT2D eigenvalue weighted by molar-refractivity contribution is 7.98. The topological polar surface area (TPSA) is 83.0 Å². The number of thioether (sulfide) groups is 1. The maximum absolute atomic E-state index is 9.67. The second-order valence-electron chi connectivity index (χ2n) is 6.68. The van der Waals surface area contributed by atoms with Gasteiger partial charge in [0.05, 0.1) is 29.7 Å². The van der Waals surface area contributed by atoms with Crippen molar-refractivity contribution in [2.45, 2.75) is 24.8 Å². The Labute approximate surface area is 169 Å². The molecule has 0 aliphatic heterocycles. The molecule has 0 unspecified atom stereocenters. The van der Waals surface area contributed by atoms with Crippen LogP contribution in [0, 0.1) is 5.92 Å². The molecular formula is C21H25N5OS. The number of anilines is 3. The summed E-state index contributed by atoms with van der Waals surface area (Å²) in [4.78, 5) is 14.8. The molecule has 2 aromatic heterocycles. The lowest BCUT2D eigenvalue weighted by molar-refractivity contribution is 0.248. The Morgan fingerprint density at radius 3 is 2.50 bits per heavy atom. The molecule has 28 heavy (non-hydrogen) atoms. The highest BCUT2D eigenvalue weighted by atomic mass is 32.2. The smallest absolute Gasteiger partial charge is 0.225 e. The largest absolute Gasteiger partial charge is 0.394 e. The van der Waals surface area contributed by atoms with Crippen molar-refractivity contribution in [1.82, 2.24) is 15.0 Å². The molecule has 1 atom stereocenters. The average Bonchev–Trinajstić information content (AvgIpc) is 2.72. The fourth-order valence-electron chi connectivity index (χ4n) is 2.70. The summed E-state index contributed by atoms with van der Waals surface area (Å²) in [5.41, 5.74) is 2.45. The Bertz CT molecular complexity index is 904. The van der Waals surface area contributed by atoms with Crippen LogP contribution in [0.1, 0.15) is 13.8 Å². The summed E-state index contributed by atoms with van der Waals surface area (Å²) < 4.78 is 0. The zero-order valence-electron chi connectivity index (χ0n) is 16.3. The van der Waals surface area contributed by atoms with Crippen molar-refractivity contribution in [2.24, 2.45) is 5.92 Å². The first-order chi connectivity index (χ1) is 13.6. The maximum Gasteiger partial charge on any atom is 0.225 e. The number of nitrogens with one attached hydrogen (secondary N) is 2. The van der Waals surface area contributed by atoms with E-state index in [2.05, 4.69) is 31.7 Å². The Morgan fingerprint density at radius 2 is 1.82 bits per heavy atom. The summed E-state index contributed by atoms with van der Waals surface area (Å²) in [6.07, 6.45) is 3.78. The molecule has 2 heterocycles. The lowest BCUT2D eigenvalue weighted by Gasteiger charge is -2.21. The Hall–Kier alpha value is -2.64. The summed E-state index contributed by atoms with van der Waals surface area (Å²) in [6, 6.07) is 15.5. The van der Waals surface area contributed by atoms with E-state index in [1.54, 1.807) is 18.0 Å². The molecule has 7 heteroatoms. The van der Waals surface area contributed by atoms with Gasteiger partial charge in [0.25, 0.3) is 0 Å². The molecule has 0 fully saturated rings. The van der Waals surface area contributed by atoms with Crippen LogP contribution in [0.3, 0.4) is 0 Å². The van der Waals surface area contributed by atoms with E-state index in [1.165, 1.54) is 0 Å². The van der Waals surface area contributed by atoms with E-state index in [0.29, 0.717) is 17.5 Å². The third kappa shape index (κ3) is 4.99. The molecule has 0 radical (unpaired) electrons. The summed E-state index contributed by atoms with van der Waals surface area (Å²) >= 11 is 1.67. The molecule has 3 aromatic rings. The summed E-state index contributed by atoms with van der Waals surface area (Å²) in [5.74, 6) is 1.36. The first-order valence-corrected chi connectivity index (χ1v) is 10.4. The number of aliphatic hydroxyl groups excluding tert-OH is 1. The predicted octanol–water partition coefficient (Wildman–Crippen LogP) is 4.43. The lowest BCUT2D eigenvalue weighted by Crippen LogP contribution is -2.30. The summed E-state index contributed by atoms with van der Waals surface area (Å²) in [6.45, 7) is 4.10. The number of pyridine rings is 1. The van der Waals surface area contributed by atoms with E-state index in [4.69, 9.17) is 0 Å². The van der Waals surface area contributed by atoms with Gasteiger partial charge >= 0.3 is 0 Å². The van der Waals surface area contributed by atoms with Crippen LogP contribution in [0.15, 0.2) is 59.6 Å². The molecule has 3 N–H and O–H groups in total. The van der Waals surface area contributed by atoms with Crippen LogP contribution in [0.4, 0.5) is 17.5 Å². The van der Waals surface area contributed by atoms with Gasteiger partial charge in [-0.25, -0.2) is 4.98 Å². The number of benzene rings is 1. The maximum atomic E-state index is 9.67. The van der Waals surface area contributed by atoms with Crippen molar-refractivity contribution in [3.8, 4) is 11.4 Å². The quantitative estimate of drug-likeness (QED) is 0.487. The third-order valence-corrected chi connectivity index (χ3v) is 5.13. The summed E-state index contributed by atoms with van der Waals surface area (Å²) in [7, 11) is 0. The molecule has 0 saturated carbocycles. The first kappa shape index (κ1) is 20.1. The first-order valence-electron chi connectivity index (χ1n) is 9.18. The van der Waals surface area contributed by atoms with Crippen molar-refractivity contribution in [3.63, 3.8) is 0 Å². The fraction of sp³-hybridized carbons (Fsp3) is 0.286. The van der Waals surface area contributed by atoms with Crippen molar-refractivity contribution in [1.29, 1.82) is 0 Å². The van der Waals surface area contributed by atoms with E-state index in [-0.39, 0.29) is 18.6 Å². The van der Waals surface area contributed by atoms with Crippen molar-refractivity contribution < 1.29 is 5.11 Å². The van der Waals surface area contributed by atoms with Crippen LogP contribution >= 0.6 is 11.8 Å². The molecule has 0 aliphatic rings. The Kier molecular flexibility index (Phi) is 6.84. The molecule has 0 saturated heterocycles. The molecule has 3 rings (SSSR count). The highest BCUT2D eigenvalue weighted by Gasteiger charge is 2.15. The van der Waals surface area contributed by atoms with E-state index < -0.39 is 0 Å². The van der Waals surface area contributed by atoms with E-state index in [9.17, 15) is 5.11 Å². The third-order valence-electron chi connectivity index (χ3n) is 4.34. The molecule has 1 aromatic carbocycles. The van der Waals surface area contributed by atoms with Gasteiger partial charge in [-0.15, -0.1) is 11.8 Å². The minimum Gasteiger partial charge on any atom is -0.394 e. The van der Waals surface area contributed by atoms with Crippen molar-refractivity contribution in [3.05, 3.63) is 54.7 Å². The normalized spacial score (nSPS) is 12.0. The number of para-hydroxylation sites is 1. The molecule has 6 nitrogen and oxygen atoms in total. The van der Waals surface area contributed by atoms with Crippen LogP contribution in [0.5, 0.6) is 0 Å². The Morgan fingerprint density at radius 1 is 1.04 bits per heavy atom. The SMILES string of the molecule is CSc1ccccc1Nc1cc(-c2ccccn2)nc(N[C@H](CO)C(C)C)n1. The molecule has 0 spiro atoms. The minimum atomic E-state index is -0.134. The Balaban J connectivity index is 1.99. The molecule has 0 bridgehead atoms. The summed E-state index contributed by atoms with van der Waals surface area (Å²) in [5, 5.41) is 16.3.